The predicted molar refractivity (Wildman–Crippen MR) is 85.2 cm³/mol. The second-order valence-electron chi connectivity index (χ2n) is 5.68. The lowest BCUT2D eigenvalue weighted by Crippen LogP contribution is -2.49. The number of rotatable bonds is 4. The number of aliphatic hydroxyl groups excluding tert-OH is 1. The fraction of sp³-hybridized carbons (Fsp3) is 0.412. The molecule has 0 bridgehead atoms. The highest BCUT2D eigenvalue weighted by Gasteiger charge is 2.32. The van der Waals surface area contributed by atoms with Crippen molar-refractivity contribution in [2.24, 2.45) is 5.92 Å². The lowest BCUT2D eigenvalue weighted by molar-refractivity contribution is -0.132. The van der Waals surface area contributed by atoms with E-state index < -0.39 is 6.10 Å². The van der Waals surface area contributed by atoms with Gasteiger partial charge in [0.15, 0.2) is 0 Å². The first-order valence-corrected chi connectivity index (χ1v) is 7.60. The van der Waals surface area contributed by atoms with E-state index in [1.165, 1.54) is 0 Å². The van der Waals surface area contributed by atoms with Crippen LogP contribution in [0.2, 0.25) is 0 Å². The van der Waals surface area contributed by atoms with Gasteiger partial charge in [-0.3, -0.25) is 9.78 Å². The van der Waals surface area contributed by atoms with E-state index in [4.69, 9.17) is 9.47 Å². The number of aromatic nitrogens is 1. The van der Waals surface area contributed by atoms with Gasteiger partial charge in [-0.15, -0.1) is 0 Å². The Kier molecular flexibility index (Phi) is 4.85. The van der Waals surface area contributed by atoms with Crippen LogP contribution in [0.1, 0.15) is 10.4 Å². The number of carbonyl (C=O) groups is 1. The third-order valence-corrected chi connectivity index (χ3v) is 4.17. The summed E-state index contributed by atoms with van der Waals surface area (Å²) in [5, 5.41) is 14.0. The van der Waals surface area contributed by atoms with Crippen LogP contribution in [-0.4, -0.2) is 55.1 Å². The summed E-state index contributed by atoms with van der Waals surface area (Å²) >= 11 is 0. The first-order valence-electron chi connectivity index (χ1n) is 7.60. The van der Waals surface area contributed by atoms with Gasteiger partial charge in [0.05, 0.1) is 24.8 Å². The number of amides is 1. The van der Waals surface area contributed by atoms with Crippen LogP contribution in [0.15, 0.2) is 36.5 Å². The van der Waals surface area contributed by atoms with Crippen molar-refractivity contribution in [2.45, 2.75) is 12.2 Å². The summed E-state index contributed by atoms with van der Waals surface area (Å²) < 4.78 is 10.6. The van der Waals surface area contributed by atoms with E-state index in [0.29, 0.717) is 25.3 Å². The highest BCUT2D eigenvalue weighted by molar-refractivity contribution is 5.97. The van der Waals surface area contributed by atoms with E-state index in [1.54, 1.807) is 19.4 Å². The molecule has 1 aliphatic rings. The molecule has 0 radical (unpaired) electrons. The highest BCUT2D eigenvalue weighted by Crippen LogP contribution is 2.17. The van der Waals surface area contributed by atoms with E-state index in [9.17, 15) is 9.90 Å². The normalized spacial score (nSPS) is 24.5. The largest absolute Gasteiger partial charge is 0.390 e. The van der Waals surface area contributed by atoms with Crippen molar-refractivity contribution in [2.75, 3.05) is 26.9 Å². The van der Waals surface area contributed by atoms with Crippen molar-refractivity contribution in [3.05, 3.63) is 42.1 Å². The number of nitrogens with zero attached hydrogens (tertiary/aromatic N) is 1. The standard InChI is InChI=1S/C17H20N2O4/c1-22-15-10-23-9-13(16(15)20)8-19-17(21)12-4-5-14-11(7-12)3-2-6-18-14/h2-7,13,15-16,20H,8-10H2,1H3,(H,19,21)/t13-,15-,16+/m1/s1. The van der Waals surface area contributed by atoms with Crippen LogP contribution in [0.5, 0.6) is 0 Å². The van der Waals surface area contributed by atoms with Crippen molar-refractivity contribution in [1.29, 1.82) is 0 Å². The number of fused-ring (bicyclic) bond motifs is 1. The molecule has 6 heteroatoms. The molecule has 0 aliphatic carbocycles. The van der Waals surface area contributed by atoms with E-state index in [1.807, 2.05) is 24.3 Å². The maximum Gasteiger partial charge on any atom is 0.251 e. The van der Waals surface area contributed by atoms with Crippen LogP contribution in [-0.2, 0) is 9.47 Å². The topological polar surface area (TPSA) is 80.7 Å². The minimum atomic E-state index is -0.644. The summed E-state index contributed by atoms with van der Waals surface area (Å²) in [6.07, 6.45) is 0.728. The van der Waals surface area contributed by atoms with Crippen LogP contribution < -0.4 is 5.32 Å². The molecule has 1 amide bonds. The van der Waals surface area contributed by atoms with Gasteiger partial charge in [-0.1, -0.05) is 6.07 Å². The molecule has 1 aromatic heterocycles. The molecule has 1 aliphatic heterocycles. The highest BCUT2D eigenvalue weighted by atomic mass is 16.5. The number of pyridine rings is 1. The zero-order chi connectivity index (χ0) is 16.2. The van der Waals surface area contributed by atoms with E-state index >= 15 is 0 Å². The number of benzene rings is 1. The minimum absolute atomic E-state index is 0.178. The summed E-state index contributed by atoms with van der Waals surface area (Å²) in [6.45, 7) is 1.12. The molecular weight excluding hydrogens is 296 g/mol. The number of methoxy groups -OCH3 is 1. The van der Waals surface area contributed by atoms with Gasteiger partial charge in [0.1, 0.15) is 6.10 Å². The molecule has 1 aromatic carbocycles. The van der Waals surface area contributed by atoms with Gasteiger partial charge < -0.3 is 19.9 Å². The van der Waals surface area contributed by atoms with E-state index in [0.717, 1.165) is 10.9 Å². The number of carbonyl (C=O) groups excluding carboxylic acids is 1. The molecule has 2 aromatic rings. The van der Waals surface area contributed by atoms with Gasteiger partial charge in [-0.05, 0) is 24.3 Å². The zero-order valence-electron chi connectivity index (χ0n) is 12.9. The number of ether oxygens (including phenoxy) is 2. The second kappa shape index (κ2) is 7.04. The number of hydrogen-bond acceptors (Lipinski definition) is 5. The van der Waals surface area contributed by atoms with Crippen LogP contribution in [0, 0.1) is 5.92 Å². The third kappa shape index (κ3) is 3.50. The minimum Gasteiger partial charge on any atom is -0.390 e. The first-order chi connectivity index (χ1) is 11.2. The molecule has 2 heterocycles. The summed E-state index contributed by atoms with van der Waals surface area (Å²) in [5.74, 6) is -0.359. The average molecular weight is 316 g/mol. The zero-order valence-corrected chi connectivity index (χ0v) is 12.9. The van der Waals surface area contributed by atoms with Crippen molar-refractivity contribution in [3.8, 4) is 0 Å². The Bertz CT molecular complexity index is 691. The number of hydrogen-bond donors (Lipinski definition) is 2. The fourth-order valence-corrected chi connectivity index (χ4v) is 2.77. The Morgan fingerprint density at radius 3 is 3.13 bits per heavy atom. The summed E-state index contributed by atoms with van der Waals surface area (Å²) in [7, 11) is 1.54. The lowest BCUT2D eigenvalue weighted by Gasteiger charge is -2.33. The van der Waals surface area contributed by atoms with Gasteiger partial charge in [-0.2, -0.15) is 0 Å². The molecule has 1 saturated heterocycles. The van der Waals surface area contributed by atoms with Gasteiger partial charge in [-0.25, -0.2) is 0 Å². The van der Waals surface area contributed by atoms with Crippen LogP contribution >= 0.6 is 0 Å². The fourth-order valence-electron chi connectivity index (χ4n) is 2.77. The van der Waals surface area contributed by atoms with Crippen molar-refractivity contribution >= 4 is 16.8 Å². The van der Waals surface area contributed by atoms with Crippen molar-refractivity contribution < 1.29 is 19.4 Å². The SMILES string of the molecule is CO[C@@H]1COC[C@@H](CNC(=O)c2ccc3ncccc3c2)[C@@H]1O. The average Bonchev–Trinajstić information content (AvgIpc) is 2.60. The Morgan fingerprint density at radius 1 is 1.43 bits per heavy atom. The van der Waals surface area contributed by atoms with Crippen molar-refractivity contribution in [3.63, 3.8) is 0 Å². The van der Waals surface area contributed by atoms with Crippen LogP contribution in [0.25, 0.3) is 10.9 Å². The van der Waals surface area contributed by atoms with Crippen LogP contribution in [0.4, 0.5) is 0 Å². The quantitative estimate of drug-likeness (QED) is 0.879. The molecular formula is C17H20N2O4. The monoisotopic (exact) mass is 316 g/mol. The van der Waals surface area contributed by atoms with Crippen molar-refractivity contribution in [1.82, 2.24) is 10.3 Å². The summed E-state index contributed by atoms with van der Waals surface area (Å²) in [5.41, 5.74) is 1.42. The smallest absolute Gasteiger partial charge is 0.251 e. The summed E-state index contributed by atoms with van der Waals surface area (Å²) in [6, 6.07) is 9.13. The Balaban J connectivity index is 1.64. The molecule has 2 N–H and O–H groups in total. The maximum atomic E-state index is 12.3. The Hall–Kier alpha value is -2.02. The molecule has 0 saturated carbocycles. The molecule has 3 rings (SSSR count). The molecule has 122 valence electrons. The van der Waals surface area contributed by atoms with Gasteiger partial charge in [0.2, 0.25) is 0 Å². The first kappa shape index (κ1) is 15.9. The molecule has 1 fully saturated rings. The third-order valence-electron chi connectivity index (χ3n) is 4.17. The second-order valence-corrected chi connectivity index (χ2v) is 5.68. The molecule has 3 atom stereocenters. The number of nitrogens with one attached hydrogen (secondary N) is 1. The maximum absolute atomic E-state index is 12.3. The molecule has 23 heavy (non-hydrogen) atoms. The molecule has 0 spiro atoms. The molecule has 6 nitrogen and oxygen atoms in total. The number of aliphatic hydroxyl groups is 1. The van der Waals surface area contributed by atoms with Gasteiger partial charge in [0, 0.05) is 36.7 Å². The predicted octanol–water partition coefficient (Wildman–Crippen LogP) is 0.987. The van der Waals surface area contributed by atoms with Gasteiger partial charge >= 0.3 is 0 Å². The summed E-state index contributed by atoms with van der Waals surface area (Å²) in [4.78, 5) is 16.5. The van der Waals surface area contributed by atoms with E-state index in [2.05, 4.69) is 10.3 Å². The van der Waals surface area contributed by atoms with Crippen LogP contribution in [0.3, 0.4) is 0 Å². The lowest BCUT2D eigenvalue weighted by atomic mass is 9.96. The Labute approximate surface area is 134 Å². The molecule has 0 unspecified atom stereocenters. The Morgan fingerprint density at radius 2 is 2.30 bits per heavy atom. The van der Waals surface area contributed by atoms with Gasteiger partial charge in [0.25, 0.3) is 5.91 Å². The van der Waals surface area contributed by atoms with E-state index in [-0.39, 0.29) is 17.9 Å².